The van der Waals surface area contributed by atoms with E-state index in [9.17, 15) is 9.59 Å². The summed E-state index contributed by atoms with van der Waals surface area (Å²) in [5.74, 6) is -0.0849. The van der Waals surface area contributed by atoms with Gasteiger partial charge >= 0.3 is 0 Å². The van der Waals surface area contributed by atoms with E-state index in [1.54, 1.807) is 18.2 Å². The van der Waals surface area contributed by atoms with Crippen LogP contribution in [0.4, 0.5) is 11.4 Å². The fourth-order valence-electron chi connectivity index (χ4n) is 3.38. The highest BCUT2D eigenvalue weighted by molar-refractivity contribution is 6.35. The molecule has 0 bridgehead atoms. The van der Waals surface area contributed by atoms with E-state index in [2.05, 4.69) is 10.2 Å². The molecular formula is C22H25Cl2N3O2. The van der Waals surface area contributed by atoms with E-state index in [4.69, 9.17) is 23.2 Å². The molecule has 2 amide bonds. The average molecular weight is 434 g/mol. The van der Waals surface area contributed by atoms with Crippen LogP contribution in [0.5, 0.6) is 0 Å². The van der Waals surface area contributed by atoms with Gasteiger partial charge in [-0.3, -0.25) is 9.59 Å². The highest BCUT2D eigenvalue weighted by atomic mass is 35.5. The average Bonchev–Trinajstić information content (AvgIpc) is 2.67. The molecule has 0 spiro atoms. The van der Waals surface area contributed by atoms with Crippen molar-refractivity contribution in [2.24, 2.45) is 5.92 Å². The number of hydrogen-bond donors (Lipinski definition) is 1. The lowest BCUT2D eigenvalue weighted by molar-refractivity contribution is -0.134. The number of halogens is 2. The third-order valence-electron chi connectivity index (χ3n) is 5.00. The van der Waals surface area contributed by atoms with Gasteiger partial charge in [-0.15, -0.1) is 0 Å². The number of carbonyl (C=O) groups is 2. The molecule has 7 heteroatoms. The Morgan fingerprint density at radius 2 is 1.66 bits per heavy atom. The Morgan fingerprint density at radius 3 is 2.24 bits per heavy atom. The maximum atomic E-state index is 12.5. The third kappa shape index (κ3) is 5.03. The molecule has 2 aromatic rings. The molecule has 29 heavy (non-hydrogen) atoms. The minimum Gasteiger partial charge on any atom is -0.367 e. The summed E-state index contributed by atoms with van der Waals surface area (Å²) in [5.41, 5.74) is 2.92. The van der Waals surface area contributed by atoms with Gasteiger partial charge in [0.05, 0.1) is 21.3 Å². The molecule has 0 unspecified atom stereocenters. The normalized spacial score (nSPS) is 14.3. The standard InChI is InChI=1S/C22H25Cl2N3O2/c1-14(2)22(29)27-10-8-26(9-11-27)20-7-5-16(13-19(20)24)25-21(28)17-6-4-15(3)12-18(17)23/h4-7,12-14H,8-11H2,1-3H3,(H,25,28). The second-order valence-corrected chi connectivity index (χ2v) is 8.39. The van der Waals surface area contributed by atoms with Gasteiger partial charge in [0.2, 0.25) is 5.91 Å². The van der Waals surface area contributed by atoms with Crippen molar-refractivity contribution in [3.05, 3.63) is 57.6 Å². The van der Waals surface area contributed by atoms with Gasteiger partial charge < -0.3 is 15.1 Å². The molecule has 0 radical (unpaired) electrons. The summed E-state index contributed by atoms with van der Waals surface area (Å²) < 4.78 is 0. The first-order chi connectivity index (χ1) is 13.8. The number of aryl methyl sites for hydroxylation is 1. The maximum absolute atomic E-state index is 12.5. The van der Waals surface area contributed by atoms with E-state index in [1.165, 1.54) is 0 Å². The first-order valence-corrected chi connectivity index (χ1v) is 10.4. The van der Waals surface area contributed by atoms with Crippen molar-refractivity contribution in [1.29, 1.82) is 0 Å². The fourth-order valence-corrected chi connectivity index (χ4v) is 4.00. The van der Waals surface area contributed by atoms with Gasteiger partial charge in [-0.1, -0.05) is 43.1 Å². The van der Waals surface area contributed by atoms with Gasteiger partial charge in [-0.05, 0) is 42.8 Å². The molecule has 0 aliphatic carbocycles. The first kappa shape index (κ1) is 21.5. The van der Waals surface area contributed by atoms with Crippen molar-refractivity contribution in [1.82, 2.24) is 4.90 Å². The van der Waals surface area contributed by atoms with Crippen LogP contribution < -0.4 is 10.2 Å². The van der Waals surface area contributed by atoms with Gasteiger partial charge in [0, 0.05) is 37.8 Å². The zero-order chi connectivity index (χ0) is 21.1. The second kappa shape index (κ2) is 9.06. The van der Waals surface area contributed by atoms with Crippen LogP contribution in [0.15, 0.2) is 36.4 Å². The molecule has 0 aromatic heterocycles. The predicted octanol–water partition coefficient (Wildman–Crippen LogP) is 4.86. The van der Waals surface area contributed by atoms with Crippen LogP contribution in [0, 0.1) is 12.8 Å². The summed E-state index contributed by atoms with van der Waals surface area (Å²) in [5, 5.41) is 3.82. The Bertz CT molecular complexity index is 922. The molecule has 5 nitrogen and oxygen atoms in total. The van der Waals surface area contributed by atoms with E-state index in [0.29, 0.717) is 34.4 Å². The van der Waals surface area contributed by atoms with E-state index >= 15 is 0 Å². The van der Waals surface area contributed by atoms with E-state index in [0.717, 1.165) is 24.3 Å². The van der Waals surface area contributed by atoms with Crippen molar-refractivity contribution in [2.75, 3.05) is 36.4 Å². The van der Waals surface area contributed by atoms with Gasteiger partial charge in [0.1, 0.15) is 0 Å². The van der Waals surface area contributed by atoms with Crippen molar-refractivity contribution >= 4 is 46.4 Å². The van der Waals surface area contributed by atoms with Gasteiger partial charge in [-0.25, -0.2) is 0 Å². The Morgan fingerprint density at radius 1 is 0.966 bits per heavy atom. The lowest BCUT2D eigenvalue weighted by atomic mass is 10.1. The van der Waals surface area contributed by atoms with Crippen LogP contribution in [0.2, 0.25) is 10.0 Å². The Labute approximate surface area is 181 Å². The maximum Gasteiger partial charge on any atom is 0.257 e. The molecular weight excluding hydrogens is 409 g/mol. The minimum atomic E-state index is -0.278. The van der Waals surface area contributed by atoms with Gasteiger partial charge in [0.25, 0.3) is 5.91 Å². The van der Waals surface area contributed by atoms with E-state index in [1.807, 2.05) is 43.9 Å². The SMILES string of the molecule is Cc1ccc(C(=O)Nc2ccc(N3CCN(C(=O)C(C)C)CC3)c(Cl)c2)c(Cl)c1. The highest BCUT2D eigenvalue weighted by Gasteiger charge is 2.24. The molecule has 3 rings (SSSR count). The molecule has 0 saturated carbocycles. The highest BCUT2D eigenvalue weighted by Crippen LogP contribution is 2.30. The van der Waals surface area contributed by atoms with Crippen LogP contribution >= 0.6 is 23.2 Å². The lowest BCUT2D eigenvalue weighted by Crippen LogP contribution is -2.50. The first-order valence-electron chi connectivity index (χ1n) is 9.67. The fraction of sp³-hybridized carbons (Fsp3) is 0.364. The number of benzene rings is 2. The number of anilines is 2. The monoisotopic (exact) mass is 433 g/mol. The molecule has 1 saturated heterocycles. The molecule has 0 atom stereocenters. The van der Waals surface area contributed by atoms with Crippen molar-refractivity contribution in [2.45, 2.75) is 20.8 Å². The van der Waals surface area contributed by atoms with Crippen molar-refractivity contribution < 1.29 is 9.59 Å². The summed E-state index contributed by atoms with van der Waals surface area (Å²) in [6, 6.07) is 10.8. The number of hydrogen-bond acceptors (Lipinski definition) is 3. The number of amides is 2. The van der Waals surface area contributed by atoms with Crippen LogP contribution in [0.3, 0.4) is 0 Å². The number of nitrogens with zero attached hydrogens (tertiary/aromatic N) is 2. The van der Waals surface area contributed by atoms with Crippen LogP contribution in [-0.2, 0) is 4.79 Å². The summed E-state index contributed by atoms with van der Waals surface area (Å²) in [7, 11) is 0. The van der Waals surface area contributed by atoms with E-state index < -0.39 is 0 Å². The lowest BCUT2D eigenvalue weighted by Gasteiger charge is -2.37. The summed E-state index contributed by atoms with van der Waals surface area (Å²) >= 11 is 12.7. The van der Waals surface area contributed by atoms with Crippen molar-refractivity contribution in [3.8, 4) is 0 Å². The molecule has 154 valence electrons. The summed E-state index contributed by atoms with van der Waals surface area (Å²) in [6.07, 6.45) is 0. The molecule has 1 aliphatic rings. The van der Waals surface area contributed by atoms with Gasteiger partial charge in [-0.2, -0.15) is 0 Å². The molecule has 2 aromatic carbocycles. The topological polar surface area (TPSA) is 52.7 Å². The zero-order valence-electron chi connectivity index (χ0n) is 16.8. The predicted molar refractivity (Wildman–Crippen MR) is 119 cm³/mol. The van der Waals surface area contributed by atoms with Crippen LogP contribution in [0.1, 0.15) is 29.8 Å². The number of piperazine rings is 1. The van der Waals surface area contributed by atoms with Crippen molar-refractivity contribution in [3.63, 3.8) is 0 Å². The Kier molecular flexibility index (Phi) is 6.70. The second-order valence-electron chi connectivity index (χ2n) is 7.57. The zero-order valence-corrected chi connectivity index (χ0v) is 18.3. The Balaban J connectivity index is 1.66. The smallest absolute Gasteiger partial charge is 0.257 e. The van der Waals surface area contributed by atoms with E-state index in [-0.39, 0.29) is 17.7 Å². The number of rotatable bonds is 4. The summed E-state index contributed by atoms with van der Waals surface area (Å²) in [6.45, 7) is 8.57. The summed E-state index contributed by atoms with van der Waals surface area (Å²) in [4.78, 5) is 28.7. The number of carbonyl (C=O) groups excluding carboxylic acids is 2. The third-order valence-corrected chi connectivity index (χ3v) is 5.62. The Hall–Kier alpha value is -2.24. The molecule has 1 aliphatic heterocycles. The molecule has 1 heterocycles. The van der Waals surface area contributed by atoms with Gasteiger partial charge in [0.15, 0.2) is 0 Å². The largest absolute Gasteiger partial charge is 0.367 e. The minimum absolute atomic E-state index is 0.00932. The molecule has 1 N–H and O–H groups in total. The molecule has 1 fully saturated rings. The van der Waals surface area contributed by atoms with Crippen LogP contribution in [-0.4, -0.2) is 42.9 Å². The van der Waals surface area contributed by atoms with Crippen LogP contribution in [0.25, 0.3) is 0 Å². The quantitative estimate of drug-likeness (QED) is 0.748. The number of nitrogens with one attached hydrogen (secondary N) is 1.